The van der Waals surface area contributed by atoms with Crippen LogP contribution < -0.4 is 9.64 Å². The summed E-state index contributed by atoms with van der Waals surface area (Å²) in [4.78, 5) is 26.8. The lowest BCUT2D eigenvalue weighted by molar-refractivity contribution is -0.0494. The van der Waals surface area contributed by atoms with Crippen LogP contribution in [-0.2, 0) is 4.74 Å². The summed E-state index contributed by atoms with van der Waals surface area (Å²) < 4.78 is 57.2. The van der Waals surface area contributed by atoms with Crippen LogP contribution in [0.15, 0.2) is 40.9 Å². The number of alkyl halides is 2. The van der Waals surface area contributed by atoms with E-state index in [-0.39, 0.29) is 51.2 Å². The number of esters is 1. The van der Waals surface area contributed by atoms with Crippen LogP contribution in [0.4, 0.5) is 18.9 Å². The lowest BCUT2D eigenvalue weighted by Crippen LogP contribution is -2.46. The van der Waals surface area contributed by atoms with E-state index in [1.165, 1.54) is 30.3 Å². The van der Waals surface area contributed by atoms with Crippen LogP contribution >= 0.6 is 11.6 Å². The minimum absolute atomic E-state index is 0.0160. The summed E-state index contributed by atoms with van der Waals surface area (Å²) >= 11 is 6.35. The number of anilines is 1. The molecule has 0 unspecified atom stereocenters. The fourth-order valence-corrected chi connectivity index (χ4v) is 6.15. The van der Waals surface area contributed by atoms with Gasteiger partial charge in [0.25, 0.3) is 0 Å². The predicted octanol–water partition coefficient (Wildman–Crippen LogP) is 6.67. The normalized spacial score (nSPS) is 22.0. The van der Waals surface area contributed by atoms with E-state index in [4.69, 9.17) is 26.0 Å². The van der Waals surface area contributed by atoms with Gasteiger partial charge in [0.05, 0.1) is 21.8 Å². The van der Waals surface area contributed by atoms with Gasteiger partial charge in [0.15, 0.2) is 5.76 Å². The van der Waals surface area contributed by atoms with Crippen LogP contribution in [0.25, 0.3) is 11.3 Å². The number of ether oxygens (including phenoxy) is 2. The number of hydrogen-bond donors (Lipinski definition) is 1. The molecular formula is C28H24ClF3N2O6. The van der Waals surface area contributed by atoms with Gasteiger partial charge in [0, 0.05) is 30.8 Å². The Kier molecular flexibility index (Phi) is 6.85. The molecule has 40 heavy (non-hydrogen) atoms. The van der Waals surface area contributed by atoms with Crippen molar-refractivity contribution in [1.29, 1.82) is 0 Å². The van der Waals surface area contributed by atoms with E-state index in [0.717, 1.165) is 31.7 Å². The number of halogens is 4. The number of hydrogen-bond acceptors (Lipinski definition) is 7. The number of fused-ring (bicyclic) bond motifs is 2. The topological polar surface area (TPSA) is 102 Å². The van der Waals surface area contributed by atoms with E-state index in [9.17, 15) is 22.8 Å². The Balaban J connectivity index is 1.26. The zero-order valence-corrected chi connectivity index (χ0v) is 21.7. The van der Waals surface area contributed by atoms with Gasteiger partial charge in [-0.2, -0.15) is 8.78 Å². The highest BCUT2D eigenvalue weighted by Crippen LogP contribution is 2.47. The Bertz CT molecular complexity index is 1460. The maximum Gasteiger partial charge on any atom is 0.387 e. The van der Waals surface area contributed by atoms with Gasteiger partial charge in [-0.3, -0.25) is 0 Å². The van der Waals surface area contributed by atoms with Crippen molar-refractivity contribution < 1.29 is 41.9 Å². The highest BCUT2D eigenvalue weighted by atomic mass is 35.5. The molecule has 1 N–H and O–H groups in total. The SMILES string of the molecule is O=C(O)c1ccc(N2[C@@H]3CC[C@H]2C[C@@H](OC(=O)c2c(-c4c(Cl)cccc4OC(F)F)noc2C2CC2)C3)c(F)c1. The summed E-state index contributed by atoms with van der Waals surface area (Å²) in [6, 6.07) is 7.88. The van der Waals surface area contributed by atoms with Gasteiger partial charge in [-0.15, -0.1) is 0 Å². The smallest absolute Gasteiger partial charge is 0.387 e. The number of nitrogens with zero attached hydrogens (tertiary/aromatic N) is 2. The maximum absolute atomic E-state index is 14.9. The predicted molar refractivity (Wildman–Crippen MR) is 137 cm³/mol. The molecule has 12 heteroatoms. The molecule has 8 nitrogen and oxygen atoms in total. The number of carbonyl (C=O) groups excluding carboxylic acids is 1. The minimum Gasteiger partial charge on any atom is -0.478 e. The van der Waals surface area contributed by atoms with Crippen molar-refractivity contribution in [1.82, 2.24) is 5.16 Å². The number of carboxylic acids is 1. The molecule has 1 aliphatic carbocycles. The summed E-state index contributed by atoms with van der Waals surface area (Å²) in [5, 5.41) is 13.3. The second kappa shape index (κ2) is 10.3. The van der Waals surface area contributed by atoms with Gasteiger partial charge in [-0.1, -0.05) is 22.8 Å². The number of carboxylic acid groups (broad SMARTS) is 1. The zero-order chi connectivity index (χ0) is 28.1. The first-order chi connectivity index (χ1) is 19.2. The average molecular weight is 577 g/mol. The highest BCUT2D eigenvalue weighted by molar-refractivity contribution is 6.33. The largest absolute Gasteiger partial charge is 0.478 e. The molecule has 2 aromatic carbocycles. The Morgan fingerprint density at radius 1 is 1.10 bits per heavy atom. The molecule has 3 heterocycles. The van der Waals surface area contributed by atoms with E-state index in [0.29, 0.717) is 24.3 Å². The van der Waals surface area contributed by atoms with Gasteiger partial charge < -0.3 is 24.0 Å². The monoisotopic (exact) mass is 576 g/mol. The Morgan fingerprint density at radius 3 is 2.45 bits per heavy atom. The zero-order valence-electron chi connectivity index (χ0n) is 21.0. The van der Waals surface area contributed by atoms with E-state index >= 15 is 0 Å². The van der Waals surface area contributed by atoms with Gasteiger partial charge in [0.2, 0.25) is 0 Å². The Labute approximate surface area is 231 Å². The quantitative estimate of drug-likeness (QED) is 0.297. The molecule has 3 aromatic rings. The third-order valence-electron chi connectivity index (χ3n) is 7.74. The second-order valence-electron chi connectivity index (χ2n) is 10.3. The summed E-state index contributed by atoms with van der Waals surface area (Å²) in [6.45, 7) is -3.12. The number of rotatable bonds is 8. The summed E-state index contributed by atoms with van der Waals surface area (Å²) in [5.74, 6) is -2.48. The van der Waals surface area contributed by atoms with E-state index < -0.39 is 30.5 Å². The third-order valence-corrected chi connectivity index (χ3v) is 8.05. The number of aromatic nitrogens is 1. The molecule has 6 rings (SSSR count). The van der Waals surface area contributed by atoms with Crippen LogP contribution in [0.3, 0.4) is 0 Å². The molecule has 2 bridgehead atoms. The Morgan fingerprint density at radius 2 is 1.82 bits per heavy atom. The maximum atomic E-state index is 14.9. The molecule has 3 atom stereocenters. The first-order valence-corrected chi connectivity index (χ1v) is 13.3. The number of aromatic carboxylic acids is 1. The van der Waals surface area contributed by atoms with Gasteiger partial charge in [-0.05, 0) is 56.0 Å². The van der Waals surface area contributed by atoms with Crippen molar-refractivity contribution >= 4 is 29.2 Å². The van der Waals surface area contributed by atoms with Crippen molar-refractivity contribution in [2.75, 3.05) is 4.90 Å². The summed E-state index contributed by atoms with van der Waals surface area (Å²) in [6.07, 6.45) is 3.48. The van der Waals surface area contributed by atoms with E-state index in [1.807, 2.05) is 4.90 Å². The van der Waals surface area contributed by atoms with Crippen LogP contribution in [-0.4, -0.2) is 47.0 Å². The van der Waals surface area contributed by atoms with Crippen molar-refractivity contribution in [2.45, 2.75) is 69.2 Å². The molecule has 3 fully saturated rings. The first kappa shape index (κ1) is 26.5. The third kappa shape index (κ3) is 4.87. The molecule has 1 aromatic heterocycles. The van der Waals surface area contributed by atoms with Crippen molar-refractivity contribution in [3.8, 4) is 17.0 Å². The summed E-state index contributed by atoms with van der Waals surface area (Å²) in [7, 11) is 0. The van der Waals surface area contributed by atoms with Gasteiger partial charge >= 0.3 is 18.6 Å². The van der Waals surface area contributed by atoms with Crippen LogP contribution in [0.2, 0.25) is 5.02 Å². The number of benzene rings is 2. The molecule has 0 amide bonds. The summed E-state index contributed by atoms with van der Waals surface area (Å²) in [5.41, 5.74) is 0.232. The standard InChI is InChI=1S/C28H24ClF3N2O6/c29-18-2-1-3-21(39-28(31)32)22(18)24-23(25(40-33-24)13-4-5-13)27(37)38-17-11-15-7-8-16(12-17)34(15)20-9-6-14(26(35)36)10-19(20)30/h1-3,6,9-10,13,15-17,28H,4-5,7-8,11-12H2,(H,35,36)/t15-,16+,17+. The van der Waals surface area contributed by atoms with Gasteiger partial charge in [-0.25, -0.2) is 14.0 Å². The van der Waals surface area contributed by atoms with E-state index in [2.05, 4.69) is 9.89 Å². The van der Waals surface area contributed by atoms with Crippen LogP contribution in [0.5, 0.6) is 5.75 Å². The first-order valence-electron chi connectivity index (χ1n) is 13.0. The second-order valence-corrected chi connectivity index (χ2v) is 10.7. The lowest BCUT2D eigenvalue weighted by Gasteiger charge is -2.40. The van der Waals surface area contributed by atoms with Crippen LogP contribution in [0, 0.1) is 5.82 Å². The number of piperidine rings is 1. The molecule has 0 spiro atoms. The fraction of sp³-hybridized carbons (Fsp3) is 0.393. The molecule has 2 aliphatic heterocycles. The molecule has 0 radical (unpaired) electrons. The van der Waals surface area contributed by atoms with E-state index in [1.54, 1.807) is 0 Å². The Hall–Kier alpha value is -3.73. The average Bonchev–Trinajstić information content (AvgIpc) is 3.59. The minimum atomic E-state index is -3.12. The van der Waals surface area contributed by atoms with Gasteiger partial charge in [0.1, 0.15) is 28.9 Å². The molecule has 2 saturated heterocycles. The fourth-order valence-electron chi connectivity index (χ4n) is 5.90. The van der Waals surface area contributed by atoms with Crippen molar-refractivity contribution in [3.63, 3.8) is 0 Å². The highest BCUT2D eigenvalue weighted by Gasteiger charge is 2.44. The van der Waals surface area contributed by atoms with Crippen molar-refractivity contribution in [2.24, 2.45) is 0 Å². The molecular weight excluding hydrogens is 553 g/mol. The van der Waals surface area contributed by atoms with Crippen LogP contribution in [0.1, 0.15) is 70.9 Å². The molecule has 210 valence electrons. The van der Waals surface area contributed by atoms with Crippen molar-refractivity contribution in [3.05, 3.63) is 64.1 Å². The lowest BCUT2D eigenvalue weighted by atomic mass is 9.98. The molecule has 1 saturated carbocycles. The molecule has 3 aliphatic rings. The number of carbonyl (C=O) groups is 2.